The topological polar surface area (TPSA) is 44.1 Å². The molecule has 20 heavy (non-hydrogen) atoms. The molecule has 0 saturated heterocycles. The van der Waals surface area contributed by atoms with Crippen LogP contribution in [-0.2, 0) is 6.54 Å². The summed E-state index contributed by atoms with van der Waals surface area (Å²) >= 11 is 3.35. The van der Waals surface area contributed by atoms with Crippen molar-refractivity contribution < 1.29 is 9.53 Å². The van der Waals surface area contributed by atoms with E-state index in [0.29, 0.717) is 16.7 Å². The van der Waals surface area contributed by atoms with Crippen molar-refractivity contribution in [2.45, 2.75) is 13.5 Å². The van der Waals surface area contributed by atoms with E-state index in [1.54, 1.807) is 24.1 Å². The summed E-state index contributed by atoms with van der Waals surface area (Å²) in [6.45, 7) is 2.59. The van der Waals surface area contributed by atoms with Crippen LogP contribution in [0.5, 0.6) is 5.75 Å². The van der Waals surface area contributed by atoms with Crippen molar-refractivity contribution in [1.82, 2.24) is 9.78 Å². The highest BCUT2D eigenvalue weighted by atomic mass is 79.9. The molecule has 2 aromatic rings. The molecule has 0 unspecified atom stereocenters. The molecule has 0 amide bonds. The number of carbonyl (C=O) groups excluding carboxylic acids is 1. The third-order valence-corrected chi connectivity index (χ3v) is 3.46. The number of benzene rings is 1. The lowest BCUT2D eigenvalue weighted by Crippen LogP contribution is -2.07. The van der Waals surface area contributed by atoms with Crippen molar-refractivity contribution in [1.29, 1.82) is 0 Å². The Kier molecular flexibility index (Phi) is 4.74. The average molecular weight is 335 g/mol. The second kappa shape index (κ2) is 6.52. The van der Waals surface area contributed by atoms with Crippen LogP contribution in [0, 0.1) is 0 Å². The van der Waals surface area contributed by atoms with Gasteiger partial charge in [-0.1, -0.05) is 18.2 Å². The lowest BCUT2D eigenvalue weighted by molar-refractivity contribution is 0.103. The standard InChI is InChI=1S/C15H15BrN2O2/c1-3-18-15(12(16)10-17-18)13(19)9-8-11-6-4-5-7-14(11)20-2/h4-10H,3H2,1-2H3/b9-8+. The van der Waals surface area contributed by atoms with Crippen molar-refractivity contribution >= 4 is 27.8 Å². The van der Waals surface area contributed by atoms with Gasteiger partial charge in [-0.25, -0.2) is 0 Å². The van der Waals surface area contributed by atoms with Gasteiger partial charge in [-0.2, -0.15) is 5.10 Å². The summed E-state index contributed by atoms with van der Waals surface area (Å²) in [6.07, 6.45) is 4.92. The zero-order chi connectivity index (χ0) is 14.5. The van der Waals surface area contributed by atoms with Gasteiger partial charge in [0.2, 0.25) is 5.78 Å². The van der Waals surface area contributed by atoms with Crippen LogP contribution >= 0.6 is 15.9 Å². The Morgan fingerprint density at radius 2 is 2.20 bits per heavy atom. The van der Waals surface area contributed by atoms with E-state index in [-0.39, 0.29) is 5.78 Å². The highest BCUT2D eigenvalue weighted by Crippen LogP contribution is 2.21. The van der Waals surface area contributed by atoms with Gasteiger partial charge in [-0.3, -0.25) is 9.48 Å². The molecule has 2 rings (SSSR count). The van der Waals surface area contributed by atoms with Gasteiger partial charge in [-0.05, 0) is 41.1 Å². The van der Waals surface area contributed by atoms with Crippen molar-refractivity contribution in [2.75, 3.05) is 7.11 Å². The molecule has 0 aliphatic heterocycles. The van der Waals surface area contributed by atoms with E-state index in [0.717, 1.165) is 11.3 Å². The van der Waals surface area contributed by atoms with Crippen molar-refractivity contribution in [3.63, 3.8) is 0 Å². The number of carbonyl (C=O) groups is 1. The van der Waals surface area contributed by atoms with Crippen LogP contribution in [0.3, 0.4) is 0 Å². The van der Waals surface area contributed by atoms with Gasteiger partial charge < -0.3 is 4.74 Å². The minimum absolute atomic E-state index is 0.0952. The number of hydrogen-bond donors (Lipinski definition) is 0. The van der Waals surface area contributed by atoms with E-state index >= 15 is 0 Å². The first-order chi connectivity index (χ1) is 9.67. The van der Waals surface area contributed by atoms with E-state index in [4.69, 9.17) is 4.74 Å². The normalized spacial score (nSPS) is 10.9. The molecule has 0 aliphatic carbocycles. The Bertz CT molecular complexity index is 647. The van der Waals surface area contributed by atoms with Crippen molar-refractivity contribution in [3.8, 4) is 5.75 Å². The first kappa shape index (κ1) is 14.5. The molecule has 0 radical (unpaired) electrons. The Morgan fingerprint density at radius 3 is 2.90 bits per heavy atom. The van der Waals surface area contributed by atoms with Gasteiger partial charge in [-0.15, -0.1) is 0 Å². The molecular formula is C15H15BrN2O2. The Labute approximate surface area is 126 Å². The number of ketones is 1. The van der Waals surface area contributed by atoms with Crippen molar-refractivity contribution in [2.24, 2.45) is 0 Å². The predicted molar refractivity (Wildman–Crippen MR) is 82.0 cm³/mol. The summed E-state index contributed by atoms with van der Waals surface area (Å²) in [5.41, 5.74) is 1.42. The first-order valence-electron chi connectivity index (χ1n) is 6.24. The molecule has 1 aromatic carbocycles. The zero-order valence-corrected chi connectivity index (χ0v) is 12.9. The molecule has 104 valence electrons. The van der Waals surface area contributed by atoms with Gasteiger partial charge in [0.05, 0.1) is 17.8 Å². The fraction of sp³-hybridized carbons (Fsp3) is 0.200. The number of methoxy groups -OCH3 is 1. The quantitative estimate of drug-likeness (QED) is 0.620. The smallest absolute Gasteiger partial charge is 0.205 e. The summed E-state index contributed by atoms with van der Waals surface area (Å²) in [6, 6.07) is 7.55. The lowest BCUT2D eigenvalue weighted by atomic mass is 10.1. The van der Waals surface area contributed by atoms with Gasteiger partial charge in [0.15, 0.2) is 0 Å². The number of rotatable bonds is 5. The highest BCUT2D eigenvalue weighted by Gasteiger charge is 2.13. The summed E-state index contributed by atoms with van der Waals surface area (Å²) in [7, 11) is 1.61. The van der Waals surface area contributed by atoms with Gasteiger partial charge in [0.1, 0.15) is 11.4 Å². The van der Waals surface area contributed by atoms with Crippen LogP contribution in [0.25, 0.3) is 6.08 Å². The number of aryl methyl sites for hydroxylation is 1. The Morgan fingerprint density at radius 1 is 1.45 bits per heavy atom. The summed E-state index contributed by atoms with van der Waals surface area (Å²) in [5.74, 6) is 0.641. The number of hydrogen-bond acceptors (Lipinski definition) is 3. The summed E-state index contributed by atoms with van der Waals surface area (Å²) in [5, 5.41) is 4.13. The monoisotopic (exact) mass is 334 g/mol. The van der Waals surface area contributed by atoms with E-state index in [2.05, 4.69) is 21.0 Å². The fourth-order valence-electron chi connectivity index (χ4n) is 1.90. The molecule has 4 nitrogen and oxygen atoms in total. The molecule has 0 spiro atoms. The van der Waals surface area contributed by atoms with Crippen LogP contribution in [0.1, 0.15) is 23.0 Å². The van der Waals surface area contributed by atoms with Gasteiger partial charge in [0, 0.05) is 12.1 Å². The third kappa shape index (κ3) is 2.99. The highest BCUT2D eigenvalue weighted by molar-refractivity contribution is 9.10. The van der Waals surface area contributed by atoms with Crippen LogP contribution < -0.4 is 4.74 Å². The minimum atomic E-state index is -0.0952. The molecule has 0 saturated carbocycles. The maximum Gasteiger partial charge on any atom is 0.205 e. The zero-order valence-electron chi connectivity index (χ0n) is 11.3. The van der Waals surface area contributed by atoms with Gasteiger partial charge in [0.25, 0.3) is 0 Å². The Balaban J connectivity index is 2.27. The number of ether oxygens (including phenoxy) is 1. The van der Waals surface area contributed by atoms with E-state index in [1.165, 1.54) is 6.08 Å². The van der Waals surface area contributed by atoms with Crippen molar-refractivity contribution in [3.05, 3.63) is 52.3 Å². The molecular weight excluding hydrogens is 320 g/mol. The molecule has 1 heterocycles. The minimum Gasteiger partial charge on any atom is -0.496 e. The summed E-state index contributed by atoms with van der Waals surface area (Å²) in [4.78, 5) is 12.3. The van der Waals surface area contributed by atoms with E-state index < -0.39 is 0 Å². The van der Waals surface area contributed by atoms with E-state index in [9.17, 15) is 4.79 Å². The maximum absolute atomic E-state index is 12.3. The maximum atomic E-state index is 12.3. The van der Waals surface area contributed by atoms with Crippen LogP contribution in [0.4, 0.5) is 0 Å². The van der Waals surface area contributed by atoms with E-state index in [1.807, 2.05) is 31.2 Å². The largest absolute Gasteiger partial charge is 0.496 e. The number of halogens is 1. The number of allylic oxidation sites excluding steroid dienone is 1. The molecule has 0 atom stereocenters. The van der Waals surface area contributed by atoms with Crippen LogP contribution in [0.15, 0.2) is 41.0 Å². The molecule has 5 heteroatoms. The Hall–Kier alpha value is -1.88. The van der Waals surface area contributed by atoms with Crippen LogP contribution in [-0.4, -0.2) is 22.7 Å². The number of nitrogens with zero attached hydrogens (tertiary/aromatic N) is 2. The molecule has 0 aliphatic rings. The third-order valence-electron chi connectivity index (χ3n) is 2.88. The molecule has 0 bridgehead atoms. The molecule has 1 aromatic heterocycles. The molecule has 0 N–H and O–H groups in total. The number of aromatic nitrogens is 2. The predicted octanol–water partition coefficient (Wildman–Crippen LogP) is 3.57. The molecule has 0 fully saturated rings. The lowest BCUT2D eigenvalue weighted by Gasteiger charge is -2.04. The summed E-state index contributed by atoms with van der Waals surface area (Å²) < 4.78 is 7.62. The van der Waals surface area contributed by atoms with Crippen LogP contribution in [0.2, 0.25) is 0 Å². The second-order valence-corrected chi connectivity index (χ2v) is 4.95. The first-order valence-corrected chi connectivity index (χ1v) is 7.03. The number of para-hydroxylation sites is 1. The van der Waals surface area contributed by atoms with Gasteiger partial charge >= 0.3 is 0 Å². The second-order valence-electron chi connectivity index (χ2n) is 4.10. The average Bonchev–Trinajstić information content (AvgIpc) is 2.86. The SMILES string of the molecule is CCn1ncc(Br)c1C(=O)/C=C/c1ccccc1OC. The fourth-order valence-corrected chi connectivity index (χ4v) is 2.39.